The van der Waals surface area contributed by atoms with E-state index in [1.807, 2.05) is 55.6 Å². The fourth-order valence-corrected chi connectivity index (χ4v) is 4.03. The summed E-state index contributed by atoms with van der Waals surface area (Å²) in [4.78, 5) is 19.0. The molecule has 6 nitrogen and oxygen atoms in total. The molecule has 0 bridgehead atoms. The molecule has 0 saturated carbocycles. The van der Waals surface area contributed by atoms with Crippen molar-refractivity contribution in [3.8, 4) is 5.75 Å². The normalized spacial score (nSPS) is 13.8. The predicted octanol–water partition coefficient (Wildman–Crippen LogP) is 5.12. The Morgan fingerprint density at radius 3 is 2.73 bits per heavy atom. The number of ether oxygens (including phenoxy) is 1. The molecule has 0 saturated heterocycles. The molecule has 0 fully saturated rings. The zero-order valence-corrected chi connectivity index (χ0v) is 18.3. The molecule has 0 radical (unpaired) electrons. The summed E-state index contributed by atoms with van der Waals surface area (Å²) < 4.78 is 5.91. The van der Waals surface area contributed by atoms with Crippen LogP contribution in [0.2, 0.25) is 0 Å². The molecule has 2 aromatic carbocycles. The number of nitrogens with zero attached hydrogens (tertiary/aromatic N) is 2. The molecule has 0 spiro atoms. The molecular formula is C23H25N3O3S. The first-order valence-corrected chi connectivity index (χ1v) is 10.7. The Morgan fingerprint density at radius 1 is 1.23 bits per heavy atom. The van der Waals surface area contributed by atoms with E-state index < -0.39 is 5.60 Å². The van der Waals surface area contributed by atoms with Crippen LogP contribution in [0.3, 0.4) is 0 Å². The van der Waals surface area contributed by atoms with Gasteiger partial charge >= 0.3 is 6.03 Å². The van der Waals surface area contributed by atoms with Gasteiger partial charge in [-0.3, -0.25) is 4.90 Å². The zero-order chi connectivity index (χ0) is 21.5. The number of aromatic nitrogens is 1. The van der Waals surface area contributed by atoms with Crippen LogP contribution in [0.15, 0.2) is 41.8 Å². The van der Waals surface area contributed by atoms with Crippen molar-refractivity contribution in [1.82, 2.24) is 4.98 Å². The predicted molar refractivity (Wildman–Crippen MR) is 119 cm³/mol. The summed E-state index contributed by atoms with van der Waals surface area (Å²) >= 11 is 1.60. The quantitative estimate of drug-likeness (QED) is 0.597. The van der Waals surface area contributed by atoms with Gasteiger partial charge in [-0.05, 0) is 56.5 Å². The van der Waals surface area contributed by atoms with Gasteiger partial charge in [-0.15, -0.1) is 11.3 Å². The second kappa shape index (κ2) is 7.74. The molecule has 0 aliphatic carbocycles. The lowest BCUT2D eigenvalue weighted by Crippen LogP contribution is -2.39. The topological polar surface area (TPSA) is 74.7 Å². The largest absolute Gasteiger partial charge is 0.487 e. The molecule has 0 atom stereocenters. The van der Waals surface area contributed by atoms with Gasteiger partial charge in [0.05, 0.1) is 28.5 Å². The zero-order valence-electron chi connectivity index (χ0n) is 17.5. The van der Waals surface area contributed by atoms with Crippen molar-refractivity contribution >= 4 is 28.7 Å². The third-order valence-electron chi connectivity index (χ3n) is 5.16. The Hall–Kier alpha value is -2.90. The summed E-state index contributed by atoms with van der Waals surface area (Å²) in [5, 5.41) is 16.2. The van der Waals surface area contributed by atoms with Crippen molar-refractivity contribution in [2.75, 3.05) is 10.2 Å². The van der Waals surface area contributed by atoms with Gasteiger partial charge in [-0.1, -0.05) is 18.2 Å². The smallest absolute Gasteiger partial charge is 0.326 e. The molecule has 2 amide bonds. The van der Waals surface area contributed by atoms with Crippen molar-refractivity contribution in [3.63, 3.8) is 0 Å². The molecule has 1 aromatic heterocycles. The number of fused-ring (bicyclic) bond motifs is 1. The number of aliphatic hydroxyl groups is 1. The SMILES string of the molecule is Cc1nc(COc2ccc(C)c(N3Cc4ccc(C(C)(C)O)cc4NC3=O)c2)cs1. The molecule has 156 valence electrons. The Kier molecular flexibility index (Phi) is 5.26. The fraction of sp³-hybridized carbons (Fsp3) is 0.304. The maximum atomic E-state index is 12.9. The third kappa shape index (κ3) is 4.17. The number of amides is 2. The number of benzene rings is 2. The summed E-state index contributed by atoms with van der Waals surface area (Å²) in [7, 11) is 0. The minimum atomic E-state index is -0.963. The van der Waals surface area contributed by atoms with Gasteiger partial charge in [0.15, 0.2) is 0 Å². The molecule has 7 heteroatoms. The monoisotopic (exact) mass is 423 g/mol. The van der Waals surface area contributed by atoms with E-state index in [0.717, 1.165) is 38.8 Å². The number of aryl methyl sites for hydroxylation is 2. The first-order valence-electron chi connectivity index (χ1n) is 9.79. The first-order chi connectivity index (χ1) is 14.2. The van der Waals surface area contributed by atoms with E-state index in [-0.39, 0.29) is 6.03 Å². The lowest BCUT2D eigenvalue weighted by Gasteiger charge is -2.31. The molecule has 4 rings (SSSR count). The van der Waals surface area contributed by atoms with Crippen molar-refractivity contribution in [1.29, 1.82) is 0 Å². The van der Waals surface area contributed by atoms with Crippen molar-refractivity contribution < 1.29 is 14.6 Å². The van der Waals surface area contributed by atoms with Crippen molar-refractivity contribution in [2.24, 2.45) is 0 Å². The van der Waals surface area contributed by atoms with E-state index in [2.05, 4.69) is 10.3 Å². The van der Waals surface area contributed by atoms with Gasteiger partial charge in [-0.25, -0.2) is 9.78 Å². The van der Waals surface area contributed by atoms with E-state index in [9.17, 15) is 9.90 Å². The van der Waals surface area contributed by atoms with Crippen molar-refractivity contribution in [3.05, 3.63) is 69.2 Å². The van der Waals surface area contributed by atoms with Crippen molar-refractivity contribution in [2.45, 2.75) is 46.4 Å². The highest BCUT2D eigenvalue weighted by atomic mass is 32.1. The van der Waals surface area contributed by atoms with Crippen LogP contribution in [0.5, 0.6) is 5.75 Å². The molecule has 1 aliphatic heterocycles. The number of carbonyl (C=O) groups excluding carboxylic acids is 1. The van der Waals surface area contributed by atoms with E-state index in [1.54, 1.807) is 30.1 Å². The van der Waals surface area contributed by atoms with Crippen LogP contribution in [0.1, 0.15) is 41.2 Å². The lowest BCUT2D eigenvalue weighted by atomic mass is 9.95. The van der Waals surface area contributed by atoms with Crippen LogP contribution in [0, 0.1) is 13.8 Å². The number of rotatable bonds is 5. The Balaban J connectivity index is 1.57. The number of hydrogen-bond donors (Lipinski definition) is 2. The lowest BCUT2D eigenvalue weighted by molar-refractivity contribution is 0.0786. The molecule has 2 heterocycles. The van der Waals surface area contributed by atoms with Crippen LogP contribution in [-0.2, 0) is 18.8 Å². The fourth-order valence-electron chi connectivity index (χ4n) is 3.43. The molecule has 30 heavy (non-hydrogen) atoms. The molecular weight excluding hydrogens is 398 g/mol. The van der Waals surface area contributed by atoms with Crippen LogP contribution < -0.4 is 15.0 Å². The highest BCUT2D eigenvalue weighted by Crippen LogP contribution is 2.34. The third-order valence-corrected chi connectivity index (χ3v) is 5.98. The molecule has 3 aromatic rings. The molecule has 1 aliphatic rings. The number of anilines is 2. The van der Waals surface area contributed by atoms with Crippen LogP contribution in [0.25, 0.3) is 0 Å². The minimum absolute atomic E-state index is 0.203. The highest BCUT2D eigenvalue weighted by molar-refractivity contribution is 7.09. The van der Waals surface area contributed by atoms with Gasteiger partial charge in [0.25, 0.3) is 0 Å². The van der Waals surface area contributed by atoms with Gasteiger partial charge in [0, 0.05) is 17.1 Å². The Morgan fingerprint density at radius 2 is 2.03 bits per heavy atom. The summed E-state index contributed by atoms with van der Waals surface area (Å²) in [5.41, 5.74) is 4.21. The molecule has 2 N–H and O–H groups in total. The minimum Gasteiger partial charge on any atom is -0.487 e. The van der Waals surface area contributed by atoms with E-state index in [4.69, 9.17) is 4.74 Å². The number of hydrogen-bond acceptors (Lipinski definition) is 5. The standard InChI is InChI=1S/C23H25N3O3S/c1-14-5-8-19(29-12-18-13-30-15(2)24-18)10-21(14)26-11-16-6-7-17(23(3,4)28)9-20(16)25-22(26)27/h5-10,13,28H,11-12H2,1-4H3,(H,25,27). The van der Waals surface area contributed by atoms with E-state index >= 15 is 0 Å². The summed E-state index contributed by atoms with van der Waals surface area (Å²) in [5.74, 6) is 0.692. The Labute approximate surface area is 180 Å². The summed E-state index contributed by atoms with van der Waals surface area (Å²) in [6.07, 6.45) is 0. The van der Waals surface area contributed by atoms with E-state index in [0.29, 0.717) is 18.9 Å². The van der Waals surface area contributed by atoms with Gasteiger partial charge < -0.3 is 15.2 Å². The number of thiazole rings is 1. The maximum Gasteiger partial charge on any atom is 0.326 e. The highest BCUT2D eigenvalue weighted by Gasteiger charge is 2.27. The van der Waals surface area contributed by atoms with E-state index in [1.165, 1.54) is 0 Å². The van der Waals surface area contributed by atoms with Crippen LogP contribution in [0.4, 0.5) is 16.2 Å². The van der Waals surface area contributed by atoms with Crippen LogP contribution in [-0.4, -0.2) is 16.1 Å². The maximum absolute atomic E-state index is 12.9. The van der Waals surface area contributed by atoms with Gasteiger partial charge in [0.2, 0.25) is 0 Å². The number of carbonyl (C=O) groups is 1. The first kappa shape index (κ1) is 20.4. The second-order valence-electron chi connectivity index (χ2n) is 8.04. The Bertz CT molecular complexity index is 1100. The average molecular weight is 424 g/mol. The summed E-state index contributed by atoms with van der Waals surface area (Å²) in [6, 6.07) is 11.2. The number of urea groups is 1. The number of nitrogens with one attached hydrogen (secondary N) is 1. The van der Waals surface area contributed by atoms with Crippen LogP contribution >= 0.6 is 11.3 Å². The molecule has 0 unspecified atom stereocenters. The second-order valence-corrected chi connectivity index (χ2v) is 9.10. The van der Waals surface area contributed by atoms with Gasteiger partial charge in [0.1, 0.15) is 12.4 Å². The average Bonchev–Trinajstić information content (AvgIpc) is 3.11. The summed E-state index contributed by atoms with van der Waals surface area (Å²) in [6.45, 7) is 8.24. The van der Waals surface area contributed by atoms with Gasteiger partial charge in [-0.2, -0.15) is 0 Å².